The van der Waals surface area contributed by atoms with Crippen molar-refractivity contribution in [1.29, 1.82) is 0 Å². The van der Waals surface area contributed by atoms with Crippen LogP contribution in [-0.2, 0) is 4.79 Å². The van der Waals surface area contributed by atoms with Crippen LogP contribution in [0.2, 0.25) is 0 Å². The van der Waals surface area contributed by atoms with Crippen LogP contribution in [0.3, 0.4) is 0 Å². The van der Waals surface area contributed by atoms with Crippen molar-refractivity contribution in [1.82, 2.24) is 20.6 Å². The number of nitrogens with one attached hydrogen (secondary N) is 2. The van der Waals surface area contributed by atoms with E-state index in [0.29, 0.717) is 17.4 Å². The Morgan fingerprint density at radius 2 is 2.17 bits per heavy atom. The van der Waals surface area contributed by atoms with Crippen LogP contribution in [0.15, 0.2) is 30.3 Å². The zero-order valence-electron chi connectivity index (χ0n) is 9.20. The van der Waals surface area contributed by atoms with Crippen molar-refractivity contribution in [3.63, 3.8) is 0 Å². The Morgan fingerprint density at radius 1 is 1.33 bits per heavy atom. The van der Waals surface area contributed by atoms with Gasteiger partial charge in [0.1, 0.15) is 6.29 Å². The third-order valence-corrected chi connectivity index (χ3v) is 2.13. The van der Waals surface area contributed by atoms with Gasteiger partial charge in [-0.25, -0.2) is 0 Å². The molecule has 2 N–H and O–H groups in total. The molecule has 7 heteroatoms. The molecule has 0 aliphatic heterocycles. The highest BCUT2D eigenvalue weighted by atomic mass is 16.1. The van der Waals surface area contributed by atoms with E-state index in [1.807, 2.05) is 0 Å². The van der Waals surface area contributed by atoms with Crippen molar-refractivity contribution in [3.05, 3.63) is 41.5 Å². The lowest BCUT2D eigenvalue weighted by molar-refractivity contribution is -0.104. The summed E-state index contributed by atoms with van der Waals surface area (Å²) in [5, 5.41) is 15.3. The second-order valence-corrected chi connectivity index (χ2v) is 3.27. The maximum Gasteiger partial charge on any atom is 0.270 e. The molecule has 0 saturated carbocycles. The number of H-pyrrole nitrogens is 1. The van der Waals surface area contributed by atoms with Crippen molar-refractivity contribution in [2.45, 2.75) is 0 Å². The lowest BCUT2D eigenvalue weighted by atomic mass is 10.1. The average molecular weight is 243 g/mol. The van der Waals surface area contributed by atoms with E-state index in [1.165, 1.54) is 6.08 Å². The molecule has 7 nitrogen and oxygen atoms in total. The molecule has 1 amide bonds. The lowest BCUT2D eigenvalue weighted by Crippen LogP contribution is -2.14. The van der Waals surface area contributed by atoms with Gasteiger partial charge in [0, 0.05) is 5.56 Å². The standard InChI is InChI=1S/C11H9N5O2/c17-7-3-5-8-4-1-2-6-9(8)10(18)12-11-13-15-16-14-11/h1-7H,(H2,12,13,14,15,16,18)/b5-3+. The number of carbonyl (C=O) groups is 2. The Hall–Kier alpha value is -2.83. The number of aromatic amines is 1. The molecular formula is C11H9N5O2. The number of aldehydes is 1. The normalized spacial score (nSPS) is 10.4. The van der Waals surface area contributed by atoms with Crippen molar-refractivity contribution in [2.75, 3.05) is 5.32 Å². The fourth-order valence-corrected chi connectivity index (χ4v) is 1.38. The molecule has 0 bridgehead atoms. The van der Waals surface area contributed by atoms with Gasteiger partial charge in [-0.15, -0.1) is 5.10 Å². The number of allylic oxidation sites excluding steroid dienone is 1. The van der Waals surface area contributed by atoms with Gasteiger partial charge in [-0.1, -0.05) is 29.4 Å². The van der Waals surface area contributed by atoms with Gasteiger partial charge in [-0.2, -0.15) is 5.21 Å². The minimum Gasteiger partial charge on any atom is -0.299 e. The van der Waals surface area contributed by atoms with E-state index in [-0.39, 0.29) is 11.9 Å². The minimum absolute atomic E-state index is 0.0918. The van der Waals surface area contributed by atoms with Crippen LogP contribution in [0.4, 0.5) is 5.95 Å². The maximum absolute atomic E-state index is 11.9. The highest BCUT2D eigenvalue weighted by Crippen LogP contribution is 2.12. The topological polar surface area (TPSA) is 101 Å². The van der Waals surface area contributed by atoms with E-state index in [2.05, 4.69) is 25.9 Å². The molecular weight excluding hydrogens is 234 g/mol. The first-order chi connectivity index (χ1) is 8.81. The number of tetrazole rings is 1. The van der Waals surface area contributed by atoms with Crippen molar-refractivity contribution in [3.8, 4) is 0 Å². The molecule has 0 aliphatic rings. The first kappa shape index (κ1) is 11.6. The number of hydrogen-bond donors (Lipinski definition) is 2. The number of benzene rings is 1. The van der Waals surface area contributed by atoms with Crippen molar-refractivity contribution >= 4 is 24.2 Å². The fourth-order valence-electron chi connectivity index (χ4n) is 1.38. The summed E-state index contributed by atoms with van der Waals surface area (Å²) >= 11 is 0. The molecule has 90 valence electrons. The molecule has 0 spiro atoms. The Labute approximate surface area is 102 Å². The summed E-state index contributed by atoms with van der Waals surface area (Å²) in [6, 6.07) is 6.87. The predicted octanol–water partition coefficient (Wildman–Crippen LogP) is 0.664. The molecule has 2 rings (SSSR count). The summed E-state index contributed by atoms with van der Waals surface area (Å²) in [4.78, 5) is 22.2. The molecule has 0 saturated heterocycles. The summed E-state index contributed by atoms with van der Waals surface area (Å²) in [7, 11) is 0. The second-order valence-electron chi connectivity index (χ2n) is 3.27. The molecule has 0 fully saturated rings. The predicted molar refractivity (Wildman–Crippen MR) is 63.7 cm³/mol. The highest BCUT2D eigenvalue weighted by molar-refractivity contribution is 6.06. The van der Waals surface area contributed by atoms with Gasteiger partial charge in [-0.05, 0) is 22.9 Å². The quantitative estimate of drug-likeness (QED) is 0.607. The Morgan fingerprint density at radius 3 is 2.89 bits per heavy atom. The van der Waals surface area contributed by atoms with Gasteiger partial charge in [0.15, 0.2) is 0 Å². The summed E-state index contributed by atoms with van der Waals surface area (Å²) in [5.74, 6) is -0.281. The number of carbonyl (C=O) groups excluding carboxylic acids is 2. The number of rotatable bonds is 4. The largest absolute Gasteiger partial charge is 0.299 e. The minimum atomic E-state index is -0.373. The molecule has 0 radical (unpaired) electrons. The van der Waals surface area contributed by atoms with Gasteiger partial charge in [0.2, 0.25) is 0 Å². The Bertz CT molecular complexity index is 577. The number of nitrogens with zero attached hydrogens (tertiary/aromatic N) is 3. The van der Waals surface area contributed by atoms with Crippen LogP contribution in [0.25, 0.3) is 6.08 Å². The first-order valence-corrected chi connectivity index (χ1v) is 5.07. The number of hydrogen-bond acceptors (Lipinski definition) is 5. The van der Waals surface area contributed by atoms with E-state index < -0.39 is 0 Å². The molecule has 1 heterocycles. The second kappa shape index (κ2) is 5.48. The van der Waals surface area contributed by atoms with Crippen LogP contribution in [0.5, 0.6) is 0 Å². The lowest BCUT2D eigenvalue weighted by Gasteiger charge is -2.04. The third kappa shape index (κ3) is 2.64. The average Bonchev–Trinajstić information content (AvgIpc) is 2.89. The van der Waals surface area contributed by atoms with E-state index in [1.54, 1.807) is 30.3 Å². The number of anilines is 1. The molecule has 1 aromatic carbocycles. The van der Waals surface area contributed by atoms with Crippen LogP contribution in [0.1, 0.15) is 15.9 Å². The van der Waals surface area contributed by atoms with Crippen LogP contribution in [0, 0.1) is 0 Å². The summed E-state index contributed by atoms with van der Waals surface area (Å²) < 4.78 is 0. The molecule has 2 aromatic rings. The van der Waals surface area contributed by atoms with Crippen molar-refractivity contribution in [2.24, 2.45) is 0 Å². The van der Waals surface area contributed by atoms with E-state index in [9.17, 15) is 9.59 Å². The zero-order chi connectivity index (χ0) is 12.8. The Kier molecular flexibility index (Phi) is 3.55. The molecule has 18 heavy (non-hydrogen) atoms. The number of aromatic nitrogens is 4. The SMILES string of the molecule is O=C/C=C/c1ccccc1C(=O)Nc1nn[nH]n1. The van der Waals surface area contributed by atoms with Gasteiger partial charge in [0.05, 0.1) is 0 Å². The van der Waals surface area contributed by atoms with E-state index >= 15 is 0 Å². The summed E-state index contributed by atoms with van der Waals surface area (Å²) in [6.07, 6.45) is 3.52. The van der Waals surface area contributed by atoms with E-state index in [0.717, 1.165) is 0 Å². The Balaban J connectivity index is 2.24. The van der Waals surface area contributed by atoms with Gasteiger partial charge in [-0.3, -0.25) is 14.9 Å². The van der Waals surface area contributed by atoms with Crippen LogP contribution >= 0.6 is 0 Å². The maximum atomic E-state index is 11.9. The monoisotopic (exact) mass is 243 g/mol. The molecule has 0 unspecified atom stereocenters. The van der Waals surface area contributed by atoms with Gasteiger partial charge < -0.3 is 0 Å². The molecule has 0 atom stereocenters. The van der Waals surface area contributed by atoms with Gasteiger partial charge >= 0.3 is 0 Å². The zero-order valence-corrected chi connectivity index (χ0v) is 9.20. The third-order valence-electron chi connectivity index (χ3n) is 2.13. The molecule has 1 aromatic heterocycles. The molecule has 0 aliphatic carbocycles. The first-order valence-electron chi connectivity index (χ1n) is 5.07. The van der Waals surface area contributed by atoms with E-state index in [4.69, 9.17) is 0 Å². The smallest absolute Gasteiger partial charge is 0.270 e. The summed E-state index contributed by atoms with van der Waals surface area (Å²) in [5.41, 5.74) is 1.05. The van der Waals surface area contributed by atoms with Crippen molar-refractivity contribution < 1.29 is 9.59 Å². The van der Waals surface area contributed by atoms with Crippen LogP contribution < -0.4 is 5.32 Å². The number of amides is 1. The van der Waals surface area contributed by atoms with Gasteiger partial charge in [0.25, 0.3) is 11.9 Å². The highest BCUT2D eigenvalue weighted by Gasteiger charge is 2.11. The van der Waals surface area contributed by atoms with Crippen LogP contribution in [-0.4, -0.2) is 32.8 Å². The fraction of sp³-hybridized carbons (Fsp3) is 0. The summed E-state index contributed by atoms with van der Waals surface area (Å²) in [6.45, 7) is 0.